The van der Waals surface area contributed by atoms with Crippen LogP contribution >= 0.6 is 0 Å². The number of nitrogens with one attached hydrogen (secondary N) is 8. The molecule has 3 aromatic rings. The van der Waals surface area contributed by atoms with E-state index in [1.165, 1.54) is 34.1 Å². The van der Waals surface area contributed by atoms with Gasteiger partial charge in [0.05, 0.1) is 37.4 Å². The van der Waals surface area contributed by atoms with Crippen molar-refractivity contribution in [3.63, 3.8) is 0 Å². The van der Waals surface area contributed by atoms with Crippen LogP contribution in [0, 0.1) is 11.8 Å². The third-order valence-corrected chi connectivity index (χ3v) is 17.4. The summed E-state index contributed by atoms with van der Waals surface area (Å²) in [5.74, 6) is -1.93. The fourth-order valence-corrected chi connectivity index (χ4v) is 12.6. The normalized spacial score (nSPS) is 24.4. The molecule has 20 nitrogen and oxygen atoms in total. The van der Waals surface area contributed by atoms with Crippen molar-refractivity contribution in [2.75, 3.05) is 40.4 Å². The first-order valence-electron chi connectivity index (χ1n) is 29.0. The van der Waals surface area contributed by atoms with Crippen LogP contribution in [0.5, 0.6) is 11.5 Å². The summed E-state index contributed by atoms with van der Waals surface area (Å²) in [7, 11) is 3.36. The van der Waals surface area contributed by atoms with Crippen molar-refractivity contribution in [3.05, 3.63) is 95.1 Å². The van der Waals surface area contributed by atoms with Crippen molar-refractivity contribution in [1.29, 1.82) is 0 Å². The standard InChI is InChI=1S/C60H80N10O10/c1-35(61-3)53(71)67-51(37-15-7-5-8-16-37)59(77)69-33-41(31-47(69)57(75)65-45-27-29-79-49-21-13-11-19-43(45)49)63-55(73)39-23-25-40(26-24-39)56(74)64-42-32-48(58(76)66-46-28-30-80-50-22-14-12-20-44(46)50)70(34-42)60(78)52(38-17-9-6-10-18-38)68-54(72)36(2)62-4/h11-14,19-26,35-38,41-42,45-48,51-52,61-62H,5-10,15-18,27-34H2,1-4H3,(H,63,73)(H,64,74)(H,65,75)(H,66,76)(H,67,71)(H,68,72)/t35-,36-,41-,42-,45?,46?,47-,48-,51-,52-/m0/s1. The first-order chi connectivity index (χ1) is 38.7. The molecule has 4 heterocycles. The predicted octanol–water partition coefficient (Wildman–Crippen LogP) is 3.71. The second-order valence-corrected chi connectivity index (χ2v) is 22.7. The summed E-state index contributed by atoms with van der Waals surface area (Å²) in [5.41, 5.74) is 2.16. The van der Waals surface area contributed by atoms with Gasteiger partial charge in [0.2, 0.25) is 35.4 Å². The van der Waals surface area contributed by atoms with Crippen molar-refractivity contribution in [3.8, 4) is 11.5 Å². The molecule has 8 N–H and O–H groups in total. The number of ether oxygens (including phenoxy) is 2. The lowest BCUT2D eigenvalue weighted by Crippen LogP contribution is -2.58. The van der Waals surface area contributed by atoms with E-state index in [9.17, 15) is 38.4 Å². The van der Waals surface area contributed by atoms with E-state index in [1.807, 2.05) is 48.5 Å². The maximum Gasteiger partial charge on any atom is 0.251 e. The Morgan fingerprint density at radius 1 is 0.487 bits per heavy atom. The largest absolute Gasteiger partial charge is 0.493 e. The number of nitrogens with zero attached hydrogens (tertiary/aromatic N) is 2. The van der Waals surface area contributed by atoms with Gasteiger partial charge in [0.25, 0.3) is 11.8 Å². The van der Waals surface area contributed by atoms with Crippen LogP contribution in [0.1, 0.15) is 148 Å². The Balaban J connectivity index is 0.896. The maximum atomic E-state index is 14.9. The fourth-order valence-electron chi connectivity index (χ4n) is 12.6. The van der Waals surface area contributed by atoms with Crippen molar-refractivity contribution in [2.45, 2.75) is 164 Å². The number of likely N-dealkylation sites (N-methyl/N-ethyl adjacent to an activating group) is 2. The number of hydrogen-bond acceptors (Lipinski definition) is 12. The van der Waals surface area contributed by atoms with Gasteiger partial charge >= 0.3 is 0 Å². The molecule has 4 aliphatic heterocycles. The molecule has 80 heavy (non-hydrogen) atoms. The van der Waals surface area contributed by atoms with E-state index >= 15 is 0 Å². The quantitative estimate of drug-likeness (QED) is 0.0908. The van der Waals surface area contributed by atoms with E-state index < -0.39 is 60.1 Å². The van der Waals surface area contributed by atoms with Gasteiger partial charge in [-0.1, -0.05) is 74.9 Å². The van der Waals surface area contributed by atoms with Gasteiger partial charge in [0.15, 0.2) is 0 Å². The molecule has 0 radical (unpaired) electrons. The number of hydrogen-bond donors (Lipinski definition) is 8. The number of benzene rings is 3. The summed E-state index contributed by atoms with van der Waals surface area (Å²) in [4.78, 5) is 117. The van der Waals surface area contributed by atoms with Crippen LogP contribution in [-0.4, -0.2) is 146 Å². The zero-order valence-electron chi connectivity index (χ0n) is 46.6. The Hall–Kier alpha value is -7.06. The van der Waals surface area contributed by atoms with Crippen LogP contribution in [0.3, 0.4) is 0 Å². The molecule has 0 aromatic heterocycles. The molecule has 6 aliphatic rings. The average molecular weight is 1100 g/mol. The van der Waals surface area contributed by atoms with Gasteiger partial charge < -0.3 is 61.8 Å². The van der Waals surface area contributed by atoms with Gasteiger partial charge in [-0.25, -0.2) is 0 Å². The third-order valence-electron chi connectivity index (χ3n) is 17.4. The fraction of sp³-hybridized carbons (Fsp3) is 0.567. The monoisotopic (exact) mass is 1100 g/mol. The molecule has 2 saturated heterocycles. The van der Waals surface area contributed by atoms with Crippen LogP contribution < -0.4 is 52.0 Å². The first-order valence-corrected chi connectivity index (χ1v) is 29.0. The Morgan fingerprint density at radius 3 is 1.24 bits per heavy atom. The highest BCUT2D eigenvalue weighted by Crippen LogP contribution is 2.36. The summed E-state index contributed by atoms with van der Waals surface area (Å²) in [6.45, 7) is 4.31. The molecule has 2 aliphatic carbocycles. The smallest absolute Gasteiger partial charge is 0.251 e. The minimum absolute atomic E-state index is 0.0271. The van der Waals surface area contributed by atoms with Crippen LogP contribution in [0.2, 0.25) is 0 Å². The van der Waals surface area contributed by atoms with Crippen LogP contribution in [0.25, 0.3) is 0 Å². The molecule has 10 atom stereocenters. The highest BCUT2D eigenvalue weighted by molar-refractivity contribution is 5.99. The summed E-state index contributed by atoms with van der Waals surface area (Å²) in [5, 5.41) is 24.4. The third kappa shape index (κ3) is 13.4. The molecular weight excluding hydrogens is 1020 g/mol. The molecular formula is C60H80N10O10. The van der Waals surface area contributed by atoms with Crippen molar-refractivity contribution >= 4 is 47.3 Å². The number of likely N-dealkylation sites (tertiary alicyclic amines) is 2. The first kappa shape index (κ1) is 57.6. The average Bonchev–Trinajstić information content (AvgIpc) is 4.12. The topological polar surface area (TPSA) is 258 Å². The molecule has 2 unspecified atom stereocenters. The zero-order valence-corrected chi connectivity index (χ0v) is 46.6. The summed E-state index contributed by atoms with van der Waals surface area (Å²) in [6.07, 6.45) is 10.1. The minimum atomic E-state index is -0.955. The van der Waals surface area contributed by atoms with Gasteiger partial charge in [-0.2, -0.15) is 0 Å². The van der Waals surface area contributed by atoms with Gasteiger partial charge in [0.1, 0.15) is 35.7 Å². The number of rotatable bonds is 18. The molecule has 3 aromatic carbocycles. The van der Waals surface area contributed by atoms with E-state index in [0.717, 1.165) is 75.3 Å². The number of fused-ring (bicyclic) bond motifs is 2. The second-order valence-electron chi connectivity index (χ2n) is 22.7. The van der Waals surface area contributed by atoms with E-state index in [-0.39, 0.29) is 96.4 Å². The molecule has 20 heteroatoms. The van der Waals surface area contributed by atoms with Gasteiger partial charge in [-0.05, 0) is 115 Å². The van der Waals surface area contributed by atoms with E-state index in [1.54, 1.807) is 27.9 Å². The van der Waals surface area contributed by atoms with Crippen LogP contribution in [-0.2, 0) is 28.8 Å². The number of amides is 8. The van der Waals surface area contributed by atoms with Crippen molar-refractivity contribution in [1.82, 2.24) is 52.3 Å². The Bertz CT molecular complexity index is 2550. The van der Waals surface area contributed by atoms with Gasteiger partial charge in [-0.3, -0.25) is 38.4 Å². The summed E-state index contributed by atoms with van der Waals surface area (Å²) >= 11 is 0. The van der Waals surface area contributed by atoms with Crippen molar-refractivity contribution < 1.29 is 47.8 Å². The van der Waals surface area contributed by atoms with E-state index in [0.29, 0.717) is 37.6 Å². The van der Waals surface area contributed by atoms with Gasteiger partial charge in [0, 0.05) is 60.3 Å². The number of para-hydroxylation sites is 2. The molecule has 0 bridgehead atoms. The highest BCUT2D eigenvalue weighted by atomic mass is 16.5. The lowest BCUT2D eigenvalue weighted by molar-refractivity contribution is -0.143. The molecule has 8 amide bonds. The second kappa shape index (κ2) is 26.5. The van der Waals surface area contributed by atoms with Crippen LogP contribution in [0.15, 0.2) is 72.8 Å². The Kier molecular flexibility index (Phi) is 19.1. The predicted molar refractivity (Wildman–Crippen MR) is 298 cm³/mol. The van der Waals surface area contributed by atoms with Gasteiger partial charge in [-0.15, -0.1) is 0 Å². The molecule has 430 valence electrons. The lowest BCUT2D eigenvalue weighted by Gasteiger charge is -2.35. The van der Waals surface area contributed by atoms with Crippen LogP contribution in [0.4, 0.5) is 0 Å². The maximum absolute atomic E-state index is 14.9. The molecule has 9 rings (SSSR count). The van der Waals surface area contributed by atoms with Crippen molar-refractivity contribution in [2.24, 2.45) is 11.8 Å². The zero-order chi connectivity index (χ0) is 56.5. The Labute approximate surface area is 468 Å². The summed E-state index contributed by atoms with van der Waals surface area (Å²) in [6, 6.07) is 14.4. The molecule has 0 spiro atoms. The van der Waals surface area contributed by atoms with E-state index in [4.69, 9.17) is 9.47 Å². The van der Waals surface area contributed by atoms with E-state index in [2.05, 4.69) is 42.5 Å². The minimum Gasteiger partial charge on any atom is -0.493 e. The number of carbonyl (C=O) groups is 8. The molecule has 2 saturated carbocycles. The Morgan fingerprint density at radius 2 is 0.863 bits per heavy atom. The lowest BCUT2D eigenvalue weighted by atomic mass is 9.83. The summed E-state index contributed by atoms with van der Waals surface area (Å²) < 4.78 is 11.7. The SMILES string of the molecule is CN[C@@H](C)C(=O)N[C@H](C(=O)N1C[C@@H](NC(=O)c2ccc(C(=O)N[C@H]3C[C@@H](C(=O)NC4CCOc5ccccc54)N(C(=O)[C@@H](NC(=O)[C@H](C)NC)C4CCCCC4)C3)cc2)C[C@H]1C(=O)NC1CCOc2ccccc21)C1CCCCC1. The number of carbonyl (C=O) groups excluding carboxylic acids is 8. The highest BCUT2D eigenvalue weighted by Gasteiger charge is 2.47. The molecule has 4 fully saturated rings.